The number of aryl methyl sites for hydroxylation is 1. The summed E-state index contributed by atoms with van der Waals surface area (Å²) in [4.78, 5) is 13.2. The third-order valence-corrected chi connectivity index (χ3v) is 5.39. The first-order valence-corrected chi connectivity index (χ1v) is 9.67. The molecule has 30 heavy (non-hydrogen) atoms. The molecule has 0 spiro atoms. The number of ether oxygens (including phenoxy) is 3. The van der Waals surface area contributed by atoms with E-state index in [2.05, 4.69) is 9.88 Å². The van der Waals surface area contributed by atoms with Crippen molar-refractivity contribution in [2.75, 3.05) is 33.3 Å². The summed E-state index contributed by atoms with van der Waals surface area (Å²) in [5.74, 6) is 1.18. The lowest BCUT2D eigenvalue weighted by atomic mass is 10.2. The van der Waals surface area contributed by atoms with Crippen LogP contribution < -0.4 is 14.8 Å². The minimum absolute atomic E-state index is 0.199. The third kappa shape index (κ3) is 3.27. The normalized spacial score (nSPS) is 11.2. The fraction of sp³-hybridized carbons (Fsp3) is 0.261. The molecule has 0 bridgehead atoms. The molecule has 0 fully saturated rings. The zero-order chi connectivity index (χ0) is 21.3. The first kappa shape index (κ1) is 19.8. The van der Waals surface area contributed by atoms with Crippen molar-refractivity contribution in [3.05, 3.63) is 54.4 Å². The predicted molar refractivity (Wildman–Crippen MR) is 118 cm³/mol. The van der Waals surface area contributed by atoms with E-state index in [-0.39, 0.29) is 5.91 Å². The van der Waals surface area contributed by atoms with Crippen LogP contribution in [0.3, 0.4) is 0 Å². The van der Waals surface area contributed by atoms with E-state index in [0.717, 1.165) is 34.0 Å². The van der Waals surface area contributed by atoms with Crippen LogP contribution >= 0.6 is 0 Å². The average molecular weight is 407 g/mol. The van der Waals surface area contributed by atoms with Gasteiger partial charge in [-0.1, -0.05) is 6.07 Å². The number of nitrogens with one attached hydrogen (secondary N) is 1. The molecule has 0 radical (unpaired) electrons. The average Bonchev–Trinajstić information content (AvgIpc) is 3.34. The van der Waals surface area contributed by atoms with Crippen molar-refractivity contribution >= 4 is 33.4 Å². The molecule has 7 heteroatoms. The first-order valence-electron chi connectivity index (χ1n) is 9.67. The van der Waals surface area contributed by atoms with Crippen LogP contribution in [0.15, 0.2) is 48.7 Å². The van der Waals surface area contributed by atoms with E-state index in [9.17, 15) is 4.79 Å². The molecule has 0 aliphatic carbocycles. The number of hydrogen-bond donors (Lipinski definition) is 1. The van der Waals surface area contributed by atoms with Gasteiger partial charge in [0.15, 0.2) is 0 Å². The van der Waals surface area contributed by atoms with Crippen molar-refractivity contribution in [1.82, 2.24) is 9.13 Å². The molecule has 0 saturated heterocycles. The highest BCUT2D eigenvalue weighted by atomic mass is 16.5. The molecule has 0 saturated carbocycles. The molecular weight excluding hydrogens is 382 g/mol. The molecule has 0 atom stereocenters. The van der Waals surface area contributed by atoms with Gasteiger partial charge in [0, 0.05) is 37.7 Å². The molecule has 4 aromatic rings. The monoisotopic (exact) mass is 407 g/mol. The van der Waals surface area contributed by atoms with Crippen molar-refractivity contribution < 1.29 is 19.0 Å². The SMILES string of the molecule is COCCn1ccc2c(NC(=O)c3cc4c(OC)ccc(OC)c4n3C)cccc21. The zero-order valence-corrected chi connectivity index (χ0v) is 17.6. The third-order valence-electron chi connectivity index (χ3n) is 5.39. The van der Waals surface area contributed by atoms with Crippen LogP contribution in [0.1, 0.15) is 10.5 Å². The molecule has 1 N–H and O–H groups in total. The Bertz CT molecular complexity index is 1220. The van der Waals surface area contributed by atoms with Gasteiger partial charge >= 0.3 is 0 Å². The zero-order valence-electron chi connectivity index (χ0n) is 17.6. The number of benzene rings is 2. The van der Waals surface area contributed by atoms with E-state index < -0.39 is 0 Å². The molecule has 0 aliphatic rings. The van der Waals surface area contributed by atoms with Gasteiger partial charge in [-0.05, 0) is 36.4 Å². The highest BCUT2D eigenvalue weighted by molar-refractivity contribution is 6.11. The van der Waals surface area contributed by atoms with Crippen LogP contribution in [0.2, 0.25) is 0 Å². The van der Waals surface area contributed by atoms with Crippen LogP contribution in [0.4, 0.5) is 5.69 Å². The Morgan fingerprint density at radius 2 is 1.77 bits per heavy atom. The number of amides is 1. The highest BCUT2D eigenvalue weighted by Crippen LogP contribution is 2.35. The highest BCUT2D eigenvalue weighted by Gasteiger charge is 2.20. The quantitative estimate of drug-likeness (QED) is 0.502. The lowest BCUT2D eigenvalue weighted by Crippen LogP contribution is -2.15. The summed E-state index contributed by atoms with van der Waals surface area (Å²) in [6.45, 7) is 1.38. The number of carbonyl (C=O) groups excluding carboxylic acids is 1. The van der Waals surface area contributed by atoms with E-state index in [4.69, 9.17) is 14.2 Å². The Kier molecular flexibility index (Phi) is 5.37. The summed E-state index contributed by atoms with van der Waals surface area (Å²) >= 11 is 0. The molecule has 0 unspecified atom stereocenters. The van der Waals surface area contributed by atoms with E-state index in [1.54, 1.807) is 21.3 Å². The predicted octanol–water partition coefficient (Wildman–Crippen LogP) is 4.05. The molecule has 4 rings (SSSR count). The number of nitrogens with zero attached hydrogens (tertiary/aromatic N) is 2. The molecule has 1 amide bonds. The standard InChI is InChI=1S/C23H25N3O4/c1-25-19(14-16-20(29-3)8-9-21(30-4)22(16)25)23(27)24-17-6-5-7-18-15(17)10-11-26(18)12-13-28-2/h5-11,14H,12-13H2,1-4H3,(H,24,27). The molecule has 2 aromatic heterocycles. The van der Waals surface area contributed by atoms with E-state index in [1.165, 1.54) is 0 Å². The van der Waals surface area contributed by atoms with E-state index >= 15 is 0 Å². The van der Waals surface area contributed by atoms with E-state index in [1.807, 2.05) is 60.3 Å². The maximum Gasteiger partial charge on any atom is 0.272 e. The number of methoxy groups -OCH3 is 3. The van der Waals surface area contributed by atoms with Gasteiger partial charge in [-0.3, -0.25) is 4.79 Å². The summed E-state index contributed by atoms with van der Waals surface area (Å²) in [6.07, 6.45) is 2.01. The fourth-order valence-corrected chi connectivity index (χ4v) is 3.87. The molecule has 2 heterocycles. The summed E-state index contributed by atoms with van der Waals surface area (Å²) in [5, 5.41) is 4.87. The Morgan fingerprint density at radius 3 is 2.50 bits per heavy atom. The smallest absolute Gasteiger partial charge is 0.272 e. The van der Waals surface area contributed by atoms with Gasteiger partial charge in [-0.2, -0.15) is 0 Å². The van der Waals surface area contributed by atoms with Crippen molar-refractivity contribution in [2.24, 2.45) is 7.05 Å². The topological polar surface area (TPSA) is 66.7 Å². The molecule has 7 nitrogen and oxygen atoms in total. The van der Waals surface area contributed by atoms with Gasteiger partial charge in [-0.25, -0.2) is 0 Å². The Morgan fingerprint density at radius 1 is 1.00 bits per heavy atom. The van der Waals surface area contributed by atoms with Gasteiger partial charge in [0.1, 0.15) is 17.2 Å². The van der Waals surface area contributed by atoms with Crippen LogP contribution in [0, 0.1) is 0 Å². The number of carbonyl (C=O) groups is 1. The Hall–Kier alpha value is -3.45. The van der Waals surface area contributed by atoms with Gasteiger partial charge < -0.3 is 28.7 Å². The van der Waals surface area contributed by atoms with Crippen molar-refractivity contribution in [3.8, 4) is 11.5 Å². The fourth-order valence-electron chi connectivity index (χ4n) is 3.87. The van der Waals surface area contributed by atoms with Crippen LogP contribution in [0.5, 0.6) is 11.5 Å². The summed E-state index contributed by atoms with van der Waals surface area (Å²) in [5.41, 5.74) is 3.14. The lowest BCUT2D eigenvalue weighted by Gasteiger charge is -2.10. The number of rotatable bonds is 7. The number of aromatic nitrogens is 2. The largest absolute Gasteiger partial charge is 0.496 e. The number of hydrogen-bond acceptors (Lipinski definition) is 4. The van der Waals surface area contributed by atoms with Crippen molar-refractivity contribution in [1.29, 1.82) is 0 Å². The molecule has 0 aliphatic heterocycles. The van der Waals surface area contributed by atoms with Gasteiger partial charge in [0.25, 0.3) is 5.91 Å². The Labute approximate surface area is 174 Å². The second kappa shape index (κ2) is 8.12. The van der Waals surface area contributed by atoms with Gasteiger partial charge in [0.2, 0.25) is 0 Å². The minimum atomic E-state index is -0.199. The maximum absolute atomic E-state index is 13.2. The first-order chi connectivity index (χ1) is 14.6. The summed E-state index contributed by atoms with van der Waals surface area (Å²) in [6, 6.07) is 13.4. The van der Waals surface area contributed by atoms with Crippen LogP contribution in [-0.2, 0) is 18.3 Å². The summed E-state index contributed by atoms with van der Waals surface area (Å²) < 4.78 is 20.1. The van der Waals surface area contributed by atoms with Crippen molar-refractivity contribution in [2.45, 2.75) is 6.54 Å². The second-order valence-corrected chi connectivity index (χ2v) is 7.02. The minimum Gasteiger partial charge on any atom is -0.496 e. The summed E-state index contributed by atoms with van der Waals surface area (Å²) in [7, 11) is 6.76. The van der Waals surface area contributed by atoms with Crippen LogP contribution in [-0.4, -0.2) is 43.0 Å². The van der Waals surface area contributed by atoms with E-state index in [0.29, 0.717) is 23.8 Å². The lowest BCUT2D eigenvalue weighted by molar-refractivity contribution is 0.102. The molecule has 156 valence electrons. The van der Waals surface area contributed by atoms with Gasteiger partial charge in [0.05, 0.1) is 37.5 Å². The van der Waals surface area contributed by atoms with Gasteiger partial charge in [-0.15, -0.1) is 0 Å². The maximum atomic E-state index is 13.2. The Balaban J connectivity index is 1.72. The molecule has 2 aromatic carbocycles. The second-order valence-electron chi connectivity index (χ2n) is 7.02. The number of anilines is 1. The molecular formula is C23H25N3O4. The number of fused-ring (bicyclic) bond motifs is 2. The van der Waals surface area contributed by atoms with Crippen molar-refractivity contribution in [3.63, 3.8) is 0 Å². The van der Waals surface area contributed by atoms with Crippen LogP contribution in [0.25, 0.3) is 21.8 Å².